The predicted molar refractivity (Wildman–Crippen MR) is 73.0 cm³/mol. The van der Waals surface area contributed by atoms with Gasteiger partial charge in [-0.15, -0.1) is 0 Å². The molecule has 2 rings (SSSR count). The second-order valence-corrected chi connectivity index (χ2v) is 6.15. The van der Waals surface area contributed by atoms with Crippen LogP contribution in [0.5, 0.6) is 0 Å². The number of carbonyl (C=O) groups excluding carboxylic acids is 1. The van der Waals surface area contributed by atoms with E-state index in [2.05, 4.69) is 37.2 Å². The lowest BCUT2D eigenvalue weighted by Gasteiger charge is -2.36. The number of benzene rings is 1. The standard InChI is InChI=1S/C12H13Br2NO2/c13-8-2-3-10(14)9(6-8)11(16)15-7-12(17)4-1-5-12/h2-3,6,17H,1,4-5,7H2,(H,15,16). The number of halogens is 2. The second kappa shape index (κ2) is 5.08. The Labute approximate surface area is 117 Å². The van der Waals surface area contributed by atoms with Crippen LogP contribution in [-0.2, 0) is 0 Å². The smallest absolute Gasteiger partial charge is 0.252 e. The first-order valence-corrected chi connectivity index (χ1v) is 7.04. The van der Waals surface area contributed by atoms with E-state index in [4.69, 9.17) is 0 Å². The minimum Gasteiger partial charge on any atom is -0.388 e. The number of rotatable bonds is 3. The molecule has 0 unspecified atom stereocenters. The van der Waals surface area contributed by atoms with Crippen LogP contribution in [0.4, 0.5) is 0 Å². The fourth-order valence-corrected chi connectivity index (χ4v) is 2.56. The number of hydrogen-bond acceptors (Lipinski definition) is 2. The predicted octanol–water partition coefficient (Wildman–Crippen LogP) is 2.86. The van der Waals surface area contributed by atoms with Gasteiger partial charge >= 0.3 is 0 Å². The van der Waals surface area contributed by atoms with E-state index in [-0.39, 0.29) is 5.91 Å². The maximum absolute atomic E-state index is 11.9. The Morgan fingerprint density at radius 1 is 1.41 bits per heavy atom. The molecule has 1 aromatic carbocycles. The topological polar surface area (TPSA) is 49.3 Å². The fourth-order valence-electron chi connectivity index (χ4n) is 1.77. The number of amides is 1. The molecule has 0 aromatic heterocycles. The molecule has 0 radical (unpaired) electrons. The maximum Gasteiger partial charge on any atom is 0.252 e. The highest BCUT2D eigenvalue weighted by atomic mass is 79.9. The molecule has 0 atom stereocenters. The third-order valence-corrected chi connectivity index (χ3v) is 4.22. The molecule has 0 heterocycles. The largest absolute Gasteiger partial charge is 0.388 e. The Kier molecular flexibility index (Phi) is 3.90. The molecule has 1 fully saturated rings. The third-order valence-electron chi connectivity index (χ3n) is 3.04. The Morgan fingerprint density at radius 2 is 2.12 bits per heavy atom. The van der Waals surface area contributed by atoms with E-state index in [0.717, 1.165) is 28.2 Å². The highest BCUT2D eigenvalue weighted by Gasteiger charge is 2.34. The zero-order chi connectivity index (χ0) is 12.5. The molecule has 0 spiro atoms. The van der Waals surface area contributed by atoms with Gasteiger partial charge in [0.15, 0.2) is 0 Å². The summed E-state index contributed by atoms with van der Waals surface area (Å²) in [4.78, 5) is 11.9. The number of aliphatic hydroxyl groups is 1. The van der Waals surface area contributed by atoms with Gasteiger partial charge in [0.05, 0.1) is 11.2 Å². The van der Waals surface area contributed by atoms with Gasteiger partial charge < -0.3 is 10.4 Å². The summed E-state index contributed by atoms with van der Waals surface area (Å²) in [5.74, 6) is -0.168. The third kappa shape index (κ3) is 3.09. The lowest BCUT2D eigenvalue weighted by Crippen LogP contribution is -2.47. The Hall–Kier alpha value is -0.390. The molecule has 0 aliphatic heterocycles. The summed E-state index contributed by atoms with van der Waals surface area (Å²) in [5.41, 5.74) is -0.115. The molecular weight excluding hydrogens is 350 g/mol. The van der Waals surface area contributed by atoms with E-state index in [1.807, 2.05) is 12.1 Å². The van der Waals surface area contributed by atoms with Crippen LogP contribution in [0.25, 0.3) is 0 Å². The van der Waals surface area contributed by atoms with Gasteiger partial charge in [-0.25, -0.2) is 0 Å². The van der Waals surface area contributed by atoms with Crippen LogP contribution in [0.15, 0.2) is 27.1 Å². The van der Waals surface area contributed by atoms with E-state index in [1.165, 1.54) is 0 Å². The minimum atomic E-state index is -0.686. The van der Waals surface area contributed by atoms with Crippen LogP contribution in [0.2, 0.25) is 0 Å². The molecule has 1 aliphatic carbocycles. The summed E-state index contributed by atoms with van der Waals surface area (Å²) in [6.45, 7) is 0.324. The van der Waals surface area contributed by atoms with E-state index in [0.29, 0.717) is 12.1 Å². The van der Waals surface area contributed by atoms with Gasteiger partial charge in [0.1, 0.15) is 0 Å². The molecule has 5 heteroatoms. The van der Waals surface area contributed by atoms with Crippen molar-refractivity contribution in [2.24, 2.45) is 0 Å². The minimum absolute atomic E-state index is 0.168. The molecule has 0 saturated heterocycles. The molecule has 3 nitrogen and oxygen atoms in total. The van der Waals surface area contributed by atoms with Gasteiger partial charge in [0.2, 0.25) is 0 Å². The summed E-state index contributed by atoms with van der Waals surface area (Å²) in [6, 6.07) is 5.43. The van der Waals surface area contributed by atoms with Crippen molar-refractivity contribution in [3.8, 4) is 0 Å². The Balaban J connectivity index is 2.01. The summed E-state index contributed by atoms with van der Waals surface area (Å²) < 4.78 is 1.60. The Morgan fingerprint density at radius 3 is 2.71 bits per heavy atom. The van der Waals surface area contributed by atoms with Crippen molar-refractivity contribution in [2.75, 3.05) is 6.54 Å². The van der Waals surface area contributed by atoms with Crippen molar-refractivity contribution in [1.29, 1.82) is 0 Å². The number of hydrogen-bond donors (Lipinski definition) is 2. The van der Waals surface area contributed by atoms with Crippen molar-refractivity contribution < 1.29 is 9.90 Å². The monoisotopic (exact) mass is 361 g/mol. The van der Waals surface area contributed by atoms with E-state index >= 15 is 0 Å². The van der Waals surface area contributed by atoms with Crippen molar-refractivity contribution in [2.45, 2.75) is 24.9 Å². The quantitative estimate of drug-likeness (QED) is 0.868. The van der Waals surface area contributed by atoms with Crippen LogP contribution in [0.1, 0.15) is 29.6 Å². The average molecular weight is 363 g/mol. The van der Waals surface area contributed by atoms with Crippen molar-refractivity contribution in [3.05, 3.63) is 32.7 Å². The average Bonchev–Trinajstić information content (AvgIpc) is 2.26. The lowest BCUT2D eigenvalue weighted by atomic mass is 9.80. The normalized spacial score (nSPS) is 17.4. The molecule has 1 aromatic rings. The molecule has 92 valence electrons. The van der Waals surface area contributed by atoms with Gasteiger partial charge in [0.25, 0.3) is 5.91 Å². The summed E-state index contributed by atoms with van der Waals surface area (Å²) in [6.07, 6.45) is 2.58. The van der Waals surface area contributed by atoms with Gasteiger partial charge in [0, 0.05) is 15.5 Å². The van der Waals surface area contributed by atoms with Crippen LogP contribution >= 0.6 is 31.9 Å². The molecule has 1 saturated carbocycles. The van der Waals surface area contributed by atoms with Crippen molar-refractivity contribution >= 4 is 37.8 Å². The van der Waals surface area contributed by atoms with Crippen LogP contribution in [-0.4, -0.2) is 23.2 Å². The van der Waals surface area contributed by atoms with Crippen LogP contribution < -0.4 is 5.32 Å². The van der Waals surface area contributed by atoms with Crippen molar-refractivity contribution in [3.63, 3.8) is 0 Å². The highest BCUT2D eigenvalue weighted by Crippen LogP contribution is 2.30. The van der Waals surface area contributed by atoms with E-state index < -0.39 is 5.60 Å². The highest BCUT2D eigenvalue weighted by molar-refractivity contribution is 9.11. The zero-order valence-corrected chi connectivity index (χ0v) is 12.3. The first-order valence-electron chi connectivity index (χ1n) is 5.46. The second-order valence-electron chi connectivity index (χ2n) is 4.38. The molecule has 1 amide bonds. The molecule has 0 bridgehead atoms. The molecule has 2 N–H and O–H groups in total. The SMILES string of the molecule is O=C(NCC1(O)CCC1)c1cc(Br)ccc1Br. The zero-order valence-electron chi connectivity index (χ0n) is 9.17. The van der Waals surface area contributed by atoms with Crippen LogP contribution in [0.3, 0.4) is 0 Å². The van der Waals surface area contributed by atoms with Gasteiger partial charge in [-0.2, -0.15) is 0 Å². The van der Waals surface area contributed by atoms with E-state index in [9.17, 15) is 9.90 Å². The molecule has 17 heavy (non-hydrogen) atoms. The van der Waals surface area contributed by atoms with Crippen LogP contribution in [0, 0.1) is 0 Å². The maximum atomic E-state index is 11.9. The van der Waals surface area contributed by atoms with Gasteiger partial charge in [-0.3, -0.25) is 4.79 Å². The molecular formula is C12H13Br2NO2. The summed E-state index contributed by atoms with van der Waals surface area (Å²) in [7, 11) is 0. The first-order chi connectivity index (χ1) is 8.00. The molecule has 1 aliphatic rings. The summed E-state index contributed by atoms with van der Waals surface area (Å²) in [5, 5.41) is 12.7. The Bertz CT molecular complexity index is 444. The van der Waals surface area contributed by atoms with Crippen molar-refractivity contribution in [1.82, 2.24) is 5.32 Å². The fraction of sp³-hybridized carbons (Fsp3) is 0.417. The number of carbonyl (C=O) groups is 1. The van der Waals surface area contributed by atoms with Gasteiger partial charge in [-0.1, -0.05) is 15.9 Å². The van der Waals surface area contributed by atoms with Gasteiger partial charge in [-0.05, 0) is 53.4 Å². The van der Waals surface area contributed by atoms with E-state index in [1.54, 1.807) is 6.07 Å². The summed E-state index contributed by atoms with van der Waals surface area (Å²) >= 11 is 6.67. The lowest BCUT2D eigenvalue weighted by molar-refractivity contribution is -0.0300. The number of nitrogens with one attached hydrogen (secondary N) is 1. The first kappa shape index (κ1) is 13.1.